The zero-order valence-electron chi connectivity index (χ0n) is 20.9. The molecular formula is C29H41N3O. The maximum Gasteiger partial charge on any atom is 0.153 e. The van der Waals surface area contributed by atoms with E-state index in [4.69, 9.17) is 10.5 Å². The van der Waals surface area contributed by atoms with E-state index in [1.54, 1.807) is 5.57 Å². The lowest BCUT2D eigenvalue weighted by molar-refractivity contribution is -0.132. The molecule has 4 heteroatoms. The van der Waals surface area contributed by atoms with E-state index in [1.807, 2.05) is 0 Å². The summed E-state index contributed by atoms with van der Waals surface area (Å²) in [5.74, 6) is 3.99. The Balaban J connectivity index is 1.25. The number of nitrogens with zero attached hydrogens (tertiary/aromatic N) is 1. The standard InChI is InChI=1S/C29H41N3O/c1-17(2)33-20-11-13-28(3)19(16-20)6-8-21-24-10-9-23(29(24,4)14-12-25(21)28)18-5-7-22-26(15-18)31-32-27(22)30/h5,7,9,15,17,19-21,24-25H,6,8,10-14,16H2,1-4H3,(H3,30,31,32)/t19-,20+,21-,24-,25-,28-,29+/m0/s1. The molecule has 0 saturated heterocycles. The zero-order valence-corrected chi connectivity index (χ0v) is 20.9. The first-order valence-electron chi connectivity index (χ1n) is 13.4. The van der Waals surface area contributed by atoms with Gasteiger partial charge in [0.15, 0.2) is 5.82 Å². The highest BCUT2D eigenvalue weighted by Gasteiger charge is 2.58. The van der Waals surface area contributed by atoms with E-state index in [0.29, 0.717) is 28.9 Å². The van der Waals surface area contributed by atoms with Crippen LogP contribution in [-0.2, 0) is 4.74 Å². The van der Waals surface area contributed by atoms with Gasteiger partial charge < -0.3 is 10.5 Å². The van der Waals surface area contributed by atoms with E-state index in [9.17, 15) is 0 Å². The molecule has 4 nitrogen and oxygen atoms in total. The van der Waals surface area contributed by atoms with Crippen molar-refractivity contribution in [3.05, 3.63) is 29.8 Å². The van der Waals surface area contributed by atoms with Crippen molar-refractivity contribution in [3.8, 4) is 0 Å². The molecule has 1 aromatic heterocycles. The van der Waals surface area contributed by atoms with Gasteiger partial charge >= 0.3 is 0 Å². The normalized spacial score (nSPS) is 40.4. The molecule has 1 heterocycles. The summed E-state index contributed by atoms with van der Waals surface area (Å²) in [4.78, 5) is 0. The fourth-order valence-electron chi connectivity index (χ4n) is 8.95. The summed E-state index contributed by atoms with van der Waals surface area (Å²) < 4.78 is 6.28. The van der Waals surface area contributed by atoms with E-state index in [2.05, 4.69) is 62.2 Å². The van der Waals surface area contributed by atoms with Crippen molar-refractivity contribution in [2.45, 2.75) is 91.3 Å². The molecule has 178 valence electrons. The van der Waals surface area contributed by atoms with Gasteiger partial charge in [0, 0.05) is 5.39 Å². The van der Waals surface area contributed by atoms with Crippen molar-refractivity contribution < 1.29 is 4.74 Å². The average Bonchev–Trinajstić information content (AvgIpc) is 3.33. The van der Waals surface area contributed by atoms with Gasteiger partial charge in [0.1, 0.15) is 0 Å². The lowest BCUT2D eigenvalue weighted by Gasteiger charge is -2.61. The van der Waals surface area contributed by atoms with Crippen LogP contribution >= 0.6 is 0 Å². The van der Waals surface area contributed by atoms with Crippen molar-refractivity contribution in [1.82, 2.24) is 10.2 Å². The molecule has 2 aromatic rings. The molecule has 3 N–H and O–H groups in total. The molecule has 0 spiro atoms. The maximum atomic E-state index is 6.28. The smallest absolute Gasteiger partial charge is 0.153 e. The number of ether oxygens (including phenoxy) is 1. The van der Waals surface area contributed by atoms with Crippen molar-refractivity contribution in [2.24, 2.45) is 34.5 Å². The number of benzene rings is 1. The average molecular weight is 448 g/mol. The van der Waals surface area contributed by atoms with Gasteiger partial charge in [0.25, 0.3) is 0 Å². The Morgan fingerprint density at radius 1 is 1.09 bits per heavy atom. The molecule has 7 atom stereocenters. The fraction of sp³-hybridized carbons (Fsp3) is 0.690. The van der Waals surface area contributed by atoms with Gasteiger partial charge in [0.2, 0.25) is 0 Å². The topological polar surface area (TPSA) is 63.9 Å². The highest BCUT2D eigenvalue weighted by Crippen LogP contribution is 2.67. The Morgan fingerprint density at radius 3 is 2.76 bits per heavy atom. The second-order valence-electron chi connectivity index (χ2n) is 12.4. The second-order valence-corrected chi connectivity index (χ2v) is 12.4. The van der Waals surface area contributed by atoms with Gasteiger partial charge in [-0.25, -0.2) is 0 Å². The number of hydrogen-bond acceptors (Lipinski definition) is 3. The maximum absolute atomic E-state index is 6.28. The molecule has 0 amide bonds. The summed E-state index contributed by atoms with van der Waals surface area (Å²) >= 11 is 0. The number of fused-ring (bicyclic) bond motifs is 6. The van der Waals surface area contributed by atoms with Gasteiger partial charge in [-0.1, -0.05) is 26.0 Å². The van der Waals surface area contributed by atoms with Crippen LogP contribution in [0.4, 0.5) is 5.82 Å². The second kappa shape index (κ2) is 7.60. The lowest BCUT2D eigenvalue weighted by atomic mass is 9.44. The van der Waals surface area contributed by atoms with Crippen LogP contribution in [0.3, 0.4) is 0 Å². The number of hydrogen-bond donors (Lipinski definition) is 2. The number of allylic oxidation sites excluding steroid dienone is 2. The number of nitrogens with two attached hydrogens (primary N) is 1. The Labute approximate surface area is 198 Å². The first-order chi connectivity index (χ1) is 15.8. The Kier molecular flexibility index (Phi) is 5.00. The number of H-pyrrole nitrogens is 1. The number of nitrogens with one attached hydrogen (secondary N) is 1. The first kappa shape index (κ1) is 21.7. The third-order valence-corrected chi connectivity index (χ3v) is 10.6. The van der Waals surface area contributed by atoms with E-state index >= 15 is 0 Å². The van der Waals surface area contributed by atoms with Gasteiger partial charge in [0.05, 0.1) is 17.7 Å². The predicted molar refractivity (Wildman–Crippen MR) is 136 cm³/mol. The molecule has 0 radical (unpaired) electrons. The molecule has 33 heavy (non-hydrogen) atoms. The van der Waals surface area contributed by atoms with E-state index in [0.717, 1.165) is 34.6 Å². The lowest BCUT2D eigenvalue weighted by Crippen LogP contribution is -2.53. The molecule has 0 aliphatic heterocycles. The number of anilines is 1. The molecule has 3 fully saturated rings. The van der Waals surface area contributed by atoms with Gasteiger partial charge in [-0.05, 0) is 123 Å². The van der Waals surface area contributed by atoms with Crippen molar-refractivity contribution in [2.75, 3.05) is 5.73 Å². The van der Waals surface area contributed by atoms with Gasteiger partial charge in [-0.2, -0.15) is 5.10 Å². The van der Waals surface area contributed by atoms with Crippen LogP contribution < -0.4 is 5.73 Å². The summed E-state index contributed by atoms with van der Waals surface area (Å²) in [6, 6.07) is 6.70. The van der Waals surface area contributed by atoms with Crippen molar-refractivity contribution in [1.29, 1.82) is 0 Å². The largest absolute Gasteiger partial charge is 0.382 e. The Morgan fingerprint density at radius 2 is 1.94 bits per heavy atom. The number of rotatable bonds is 3. The molecule has 0 unspecified atom stereocenters. The van der Waals surface area contributed by atoms with Crippen LogP contribution in [0.25, 0.3) is 16.5 Å². The van der Waals surface area contributed by atoms with Crippen molar-refractivity contribution >= 4 is 22.3 Å². The van der Waals surface area contributed by atoms with Crippen LogP contribution in [0.5, 0.6) is 0 Å². The molecule has 6 rings (SSSR count). The quantitative estimate of drug-likeness (QED) is 0.534. The molecule has 1 aromatic carbocycles. The van der Waals surface area contributed by atoms with Crippen LogP contribution in [0.15, 0.2) is 24.3 Å². The predicted octanol–water partition coefficient (Wildman–Crippen LogP) is 6.97. The minimum absolute atomic E-state index is 0.293. The van der Waals surface area contributed by atoms with E-state index in [-0.39, 0.29) is 0 Å². The molecule has 3 saturated carbocycles. The number of aromatic amines is 1. The SMILES string of the molecule is CC(C)O[C@@H]1CC[C@@]2(C)[C@@H](CC[C@@H]3[C@@H]2CC[C@]2(C)C(c4ccc5c(N)n[nH]c5c4)=CC[C@@H]32)C1. The summed E-state index contributed by atoms with van der Waals surface area (Å²) in [6.07, 6.45) is 14.1. The molecule has 0 bridgehead atoms. The van der Waals surface area contributed by atoms with E-state index in [1.165, 1.54) is 56.9 Å². The third kappa shape index (κ3) is 3.23. The minimum Gasteiger partial charge on any atom is -0.382 e. The summed E-state index contributed by atoms with van der Waals surface area (Å²) in [7, 11) is 0. The van der Waals surface area contributed by atoms with E-state index < -0.39 is 0 Å². The zero-order chi connectivity index (χ0) is 23.0. The van der Waals surface area contributed by atoms with Crippen LogP contribution in [0.1, 0.15) is 84.6 Å². The van der Waals surface area contributed by atoms with Crippen molar-refractivity contribution in [3.63, 3.8) is 0 Å². The van der Waals surface area contributed by atoms with Crippen LogP contribution in [0, 0.1) is 34.5 Å². The van der Waals surface area contributed by atoms with Gasteiger partial charge in [-0.3, -0.25) is 5.10 Å². The molecular weight excluding hydrogens is 406 g/mol. The van der Waals surface area contributed by atoms with Gasteiger partial charge in [-0.15, -0.1) is 0 Å². The first-order valence-corrected chi connectivity index (χ1v) is 13.4. The summed E-state index contributed by atoms with van der Waals surface area (Å²) in [5.41, 5.74) is 10.8. The Hall–Kier alpha value is -1.81. The number of aromatic nitrogens is 2. The monoisotopic (exact) mass is 447 g/mol. The number of nitrogen functional groups attached to an aromatic ring is 1. The highest BCUT2D eigenvalue weighted by atomic mass is 16.5. The Bertz CT molecular complexity index is 1090. The molecule has 4 aliphatic rings. The van der Waals surface area contributed by atoms with Crippen LogP contribution in [0.2, 0.25) is 0 Å². The fourth-order valence-corrected chi connectivity index (χ4v) is 8.95. The third-order valence-electron chi connectivity index (χ3n) is 10.6. The molecule has 4 aliphatic carbocycles. The highest BCUT2D eigenvalue weighted by molar-refractivity contribution is 5.91. The summed E-state index contributed by atoms with van der Waals surface area (Å²) in [6.45, 7) is 9.61. The summed E-state index contributed by atoms with van der Waals surface area (Å²) in [5, 5.41) is 8.36. The minimum atomic E-state index is 0.293. The van der Waals surface area contributed by atoms with Crippen LogP contribution in [-0.4, -0.2) is 22.4 Å².